The molecule has 24 heavy (non-hydrogen) atoms. The highest BCUT2D eigenvalue weighted by Gasteiger charge is 2.46. The van der Waals surface area contributed by atoms with Gasteiger partial charge < -0.3 is 5.11 Å². The molecule has 0 amide bonds. The maximum absolute atomic E-state index is 12.0. The van der Waals surface area contributed by atoms with Crippen LogP contribution in [0.3, 0.4) is 0 Å². The quantitative estimate of drug-likeness (QED) is 0.603. The maximum Gasteiger partial charge on any atom is 0.141 e. The summed E-state index contributed by atoms with van der Waals surface area (Å²) in [6, 6.07) is 24.4. The topological polar surface area (TPSA) is 20.2 Å². The molecular formula is C22H19BrO. The van der Waals surface area contributed by atoms with Crippen molar-refractivity contribution in [3.63, 3.8) is 0 Å². The lowest BCUT2D eigenvalue weighted by Gasteiger charge is -2.44. The van der Waals surface area contributed by atoms with Crippen molar-refractivity contribution in [3.05, 3.63) is 105 Å². The number of hydrogen-bond acceptors (Lipinski definition) is 1. The van der Waals surface area contributed by atoms with Gasteiger partial charge in [-0.3, -0.25) is 0 Å². The molecule has 3 aromatic carbocycles. The Morgan fingerprint density at radius 2 is 1.21 bits per heavy atom. The minimum absolute atomic E-state index is 0.147. The molecule has 0 aromatic heterocycles. The third-order valence-corrected chi connectivity index (χ3v) is 5.72. The van der Waals surface area contributed by atoms with E-state index in [1.807, 2.05) is 48.5 Å². The van der Waals surface area contributed by atoms with Crippen molar-refractivity contribution in [1.29, 1.82) is 0 Å². The first kappa shape index (κ1) is 15.6. The highest BCUT2D eigenvalue weighted by atomic mass is 79.9. The van der Waals surface area contributed by atoms with Crippen LogP contribution in [0.2, 0.25) is 0 Å². The summed E-state index contributed by atoms with van der Waals surface area (Å²) >= 11 is 3.54. The summed E-state index contributed by atoms with van der Waals surface area (Å²) < 4.78 is 0.966. The summed E-state index contributed by atoms with van der Waals surface area (Å²) in [5.41, 5.74) is 3.86. The molecule has 1 nitrogen and oxygen atoms in total. The molecule has 0 heterocycles. The molecule has 1 aliphatic carbocycles. The van der Waals surface area contributed by atoms with Crippen LogP contribution in [0.15, 0.2) is 77.3 Å². The number of hydrogen-bond donors (Lipinski definition) is 1. The van der Waals surface area contributed by atoms with Gasteiger partial charge in [-0.2, -0.15) is 0 Å². The summed E-state index contributed by atoms with van der Waals surface area (Å²) in [4.78, 5) is 0. The average Bonchev–Trinajstić information content (AvgIpc) is 2.60. The van der Waals surface area contributed by atoms with Crippen molar-refractivity contribution in [2.45, 2.75) is 24.9 Å². The van der Waals surface area contributed by atoms with Crippen LogP contribution >= 0.6 is 15.9 Å². The van der Waals surface area contributed by atoms with Crippen molar-refractivity contribution in [2.75, 3.05) is 0 Å². The van der Waals surface area contributed by atoms with Crippen LogP contribution < -0.4 is 0 Å². The van der Waals surface area contributed by atoms with Gasteiger partial charge in [-0.05, 0) is 39.9 Å². The van der Waals surface area contributed by atoms with E-state index < -0.39 is 5.60 Å². The number of aliphatic hydroxyl groups is 1. The SMILES string of the molecule is CC1(C)c2ccccc2C(O)(c2cccc(Br)c2)c2ccccc21. The molecule has 0 spiro atoms. The molecule has 0 fully saturated rings. The summed E-state index contributed by atoms with van der Waals surface area (Å²) in [7, 11) is 0. The Morgan fingerprint density at radius 1 is 0.708 bits per heavy atom. The van der Waals surface area contributed by atoms with Gasteiger partial charge in [0.25, 0.3) is 0 Å². The van der Waals surface area contributed by atoms with Crippen LogP contribution in [0.1, 0.15) is 41.7 Å². The van der Waals surface area contributed by atoms with Gasteiger partial charge in [-0.15, -0.1) is 0 Å². The van der Waals surface area contributed by atoms with Crippen LogP contribution in [-0.2, 0) is 11.0 Å². The van der Waals surface area contributed by atoms with Gasteiger partial charge in [0.05, 0.1) is 0 Å². The van der Waals surface area contributed by atoms with Gasteiger partial charge in [-0.25, -0.2) is 0 Å². The third kappa shape index (κ3) is 2.03. The first-order valence-corrected chi connectivity index (χ1v) is 8.93. The summed E-state index contributed by atoms with van der Waals surface area (Å²) in [6.45, 7) is 4.45. The predicted molar refractivity (Wildman–Crippen MR) is 101 cm³/mol. The van der Waals surface area contributed by atoms with Gasteiger partial charge >= 0.3 is 0 Å². The predicted octanol–water partition coefficient (Wildman–Crippen LogP) is 5.37. The van der Waals surface area contributed by atoms with E-state index in [2.05, 4.69) is 54.0 Å². The molecule has 4 rings (SSSR count). The molecule has 0 saturated heterocycles. The molecule has 2 heteroatoms. The van der Waals surface area contributed by atoms with E-state index in [1.165, 1.54) is 11.1 Å². The normalized spacial score (nSPS) is 17.0. The van der Waals surface area contributed by atoms with Crippen LogP contribution in [0, 0.1) is 0 Å². The molecule has 3 aromatic rings. The highest BCUT2D eigenvalue weighted by Crippen LogP contribution is 2.51. The number of benzene rings is 3. The van der Waals surface area contributed by atoms with Crippen LogP contribution in [0.25, 0.3) is 0 Å². The third-order valence-electron chi connectivity index (χ3n) is 5.22. The molecule has 0 radical (unpaired) electrons. The average molecular weight is 379 g/mol. The van der Waals surface area contributed by atoms with Crippen LogP contribution in [-0.4, -0.2) is 5.11 Å². The molecule has 120 valence electrons. The van der Waals surface area contributed by atoms with Crippen molar-refractivity contribution >= 4 is 15.9 Å². The van der Waals surface area contributed by atoms with Crippen molar-refractivity contribution in [2.24, 2.45) is 0 Å². The minimum atomic E-state index is -1.15. The Balaban J connectivity index is 2.13. The van der Waals surface area contributed by atoms with E-state index in [0.29, 0.717) is 0 Å². The summed E-state index contributed by atoms with van der Waals surface area (Å²) in [6.07, 6.45) is 0. The number of halogens is 1. The van der Waals surface area contributed by atoms with E-state index in [4.69, 9.17) is 0 Å². The second-order valence-corrected chi connectivity index (χ2v) is 7.85. The monoisotopic (exact) mass is 378 g/mol. The van der Waals surface area contributed by atoms with Gasteiger partial charge in [0, 0.05) is 9.89 Å². The smallest absolute Gasteiger partial charge is 0.141 e. The maximum atomic E-state index is 12.0. The number of fused-ring (bicyclic) bond motifs is 2. The molecular weight excluding hydrogens is 360 g/mol. The first-order chi connectivity index (χ1) is 11.5. The van der Waals surface area contributed by atoms with Gasteiger partial charge in [-0.1, -0.05) is 90.4 Å². The molecule has 0 atom stereocenters. The zero-order valence-electron chi connectivity index (χ0n) is 13.8. The second-order valence-electron chi connectivity index (χ2n) is 6.94. The standard InChI is InChI=1S/C22H19BrO/c1-21(2)17-10-3-5-12-19(17)22(24,15-8-7-9-16(23)14-15)20-13-6-4-11-18(20)21/h3-14,24H,1-2H3. The van der Waals surface area contributed by atoms with Crippen molar-refractivity contribution in [3.8, 4) is 0 Å². The zero-order chi connectivity index (χ0) is 16.9. The Hall–Kier alpha value is -1.90. The molecule has 1 N–H and O–H groups in total. The van der Waals surface area contributed by atoms with Crippen molar-refractivity contribution in [1.82, 2.24) is 0 Å². The summed E-state index contributed by atoms with van der Waals surface area (Å²) in [5.74, 6) is 0. The van der Waals surface area contributed by atoms with Gasteiger partial charge in [0.2, 0.25) is 0 Å². The number of rotatable bonds is 1. The summed E-state index contributed by atoms with van der Waals surface area (Å²) in [5, 5.41) is 12.0. The van der Waals surface area contributed by atoms with E-state index in [1.54, 1.807) is 0 Å². The lowest BCUT2D eigenvalue weighted by Crippen LogP contribution is -2.40. The van der Waals surface area contributed by atoms with E-state index in [9.17, 15) is 5.11 Å². The Kier molecular flexibility index (Phi) is 3.45. The fourth-order valence-electron chi connectivity index (χ4n) is 4.00. The largest absolute Gasteiger partial charge is 0.376 e. The molecule has 0 bridgehead atoms. The second kappa shape index (κ2) is 5.30. The molecule has 0 saturated carbocycles. The van der Waals surface area contributed by atoms with Gasteiger partial charge in [0.1, 0.15) is 5.60 Å². The lowest BCUT2D eigenvalue weighted by atomic mass is 9.62. The Bertz CT molecular complexity index is 877. The molecule has 0 unspecified atom stereocenters. The highest BCUT2D eigenvalue weighted by molar-refractivity contribution is 9.10. The van der Waals surface area contributed by atoms with E-state index >= 15 is 0 Å². The molecule has 0 aliphatic heterocycles. The van der Waals surface area contributed by atoms with Crippen LogP contribution in [0.4, 0.5) is 0 Å². The van der Waals surface area contributed by atoms with Crippen LogP contribution in [0.5, 0.6) is 0 Å². The van der Waals surface area contributed by atoms with Crippen molar-refractivity contribution < 1.29 is 5.11 Å². The Labute approximate surface area is 151 Å². The van der Waals surface area contributed by atoms with E-state index in [0.717, 1.165) is 21.2 Å². The zero-order valence-corrected chi connectivity index (χ0v) is 15.3. The van der Waals surface area contributed by atoms with Gasteiger partial charge in [0.15, 0.2) is 0 Å². The lowest BCUT2D eigenvalue weighted by molar-refractivity contribution is 0.117. The Morgan fingerprint density at radius 3 is 1.71 bits per heavy atom. The molecule has 1 aliphatic rings. The fourth-order valence-corrected chi connectivity index (χ4v) is 4.40. The fraction of sp³-hybridized carbons (Fsp3) is 0.182. The minimum Gasteiger partial charge on any atom is -0.376 e. The first-order valence-electron chi connectivity index (χ1n) is 8.14. The van der Waals surface area contributed by atoms with E-state index in [-0.39, 0.29) is 5.41 Å².